The molecular formula is C20H26N4O3S. The topological polar surface area (TPSA) is 73.8 Å². The van der Waals surface area contributed by atoms with Crippen LogP contribution in [0.1, 0.15) is 21.5 Å². The van der Waals surface area contributed by atoms with Gasteiger partial charge in [0.2, 0.25) is 10.0 Å². The molecule has 1 aromatic carbocycles. The largest absolute Gasteiger partial charge is 0.368 e. The van der Waals surface area contributed by atoms with Crippen LogP contribution in [0.5, 0.6) is 0 Å². The minimum atomic E-state index is -3.61. The number of piperazine rings is 1. The first-order valence-corrected chi connectivity index (χ1v) is 10.6. The van der Waals surface area contributed by atoms with Crippen LogP contribution in [0.15, 0.2) is 41.6 Å². The number of nitrogens with zero attached hydrogens (tertiary/aromatic N) is 4. The standard InChI is InChI=1S/C20H26N4O3S/c1-15-13-17(14-19(16(15)2)28(26,27)22(3)4)20(25)24-11-9-23(10-12-24)18-5-7-21-8-6-18/h5-8,13-14H,9-12H2,1-4H3. The molecule has 7 nitrogen and oxygen atoms in total. The Balaban J connectivity index is 1.81. The molecule has 2 heterocycles. The molecular weight excluding hydrogens is 376 g/mol. The predicted molar refractivity (Wildman–Crippen MR) is 109 cm³/mol. The highest BCUT2D eigenvalue weighted by Crippen LogP contribution is 2.25. The number of pyridine rings is 1. The maximum absolute atomic E-state index is 13.0. The monoisotopic (exact) mass is 402 g/mol. The van der Waals surface area contributed by atoms with E-state index in [4.69, 9.17) is 0 Å². The third-order valence-corrected chi connectivity index (χ3v) is 7.16. The summed E-state index contributed by atoms with van der Waals surface area (Å²) in [5.41, 5.74) is 2.97. The fourth-order valence-electron chi connectivity index (χ4n) is 3.32. The Bertz CT molecular complexity index is 966. The summed E-state index contributed by atoms with van der Waals surface area (Å²) in [6, 6.07) is 7.20. The van der Waals surface area contributed by atoms with Gasteiger partial charge >= 0.3 is 0 Å². The van der Waals surface area contributed by atoms with Gasteiger partial charge in [0.15, 0.2) is 0 Å². The number of aromatic nitrogens is 1. The van der Waals surface area contributed by atoms with Gasteiger partial charge in [-0.15, -0.1) is 0 Å². The fraction of sp³-hybridized carbons (Fsp3) is 0.400. The lowest BCUT2D eigenvalue weighted by Crippen LogP contribution is -2.48. The highest BCUT2D eigenvalue weighted by Gasteiger charge is 2.26. The molecule has 1 aromatic heterocycles. The third kappa shape index (κ3) is 3.88. The molecule has 1 aliphatic rings. The van der Waals surface area contributed by atoms with E-state index in [1.54, 1.807) is 30.3 Å². The van der Waals surface area contributed by atoms with Crippen LogP contribution in [-0.2, 0) is 10.0 Å². The molecule has 1 aliphatic heterocycles. The molecule has 3 rings (SSSR count). The van der Waals surface area contributed by atoms with E-state index >= 15 is 0 Å². The molecule has 2 aromatic rings. The Morgan fingerprint density at radius 1 is 1.04 bits per heavy atom. The highest BCUT2D eigenvalue weighted by molar-refractivity contribution is 7.89. The Hall–Kier alpha value is -2.45. The van der Waals surface area contributed by atoms with Gasteiger partial charge in [0.1, 0.15) is 0 Å². The molecule has 28 heavy (non-hydrogen) atoms. The number of amides is 1. The van der Waals surface area contributed by atoms with Gasteiger partial charge in [-0.1, -0.05) is 0 Å². The molecule has 0 N–H and O–H groups in total. The lowest BCUT2D eigenvalue weighted by Gasteiger charge is -2.36. The zero-order valence-corrected chi connectivity index (χ0v) is 17.5. The second-order valence-corrected chi connectivity index (χ2v) is 9.31. The van der Waals surface area contributed by atoms with E-state index in [9.17, 15) is 13.2 Å². The molecule has 0 bridgehead atoms. The summed E-state index contributed by atoms with van der Waals surface area (Å²) in [4.78, 5) is 21.3. The summed E-state index contributed by atoms with van der Waals surface area (Å²) < 4.78 is 26.5. The van der Waals surface area contributed by atoms with Gasteiger partial charge in [-0.3, -0.25) is 9.78 Å². The first-order valence-electron chi connectivity index (χ1n) is 9.20. The molecule has 0 spiro atoms. The number of hydrogen-bond donors (Lipinski definition) is 0. The molecule has 0 atom stereocenters. The van der Waals surface area contributed by atoms with E-state index in [-0.39, 0.29) is 10.8 Å². The first-order chi connectivity index (χ1) is 13.2. The van der Waals surface area contributed by atoms with Crippen LogP contribution in [0.25, 0.3) is 0 Å². The number of benzene rings is 1. The van der Waals surface area contributed by atoms with Gasteiger partial charge in [0, 0.05) is 63.9 Å². The summed E-state index contributed by atoms with van der Waals surface area (Å²) in [5.74, 6) is -0.132. The molecule has 1 fully saturated rings. The zero-order chi connectivity index (χ0) is 20.5. The quantitative estimate of drug-likeness (QED) is 0.781. The molecule has 0 aliphatic carbocycles. The van der Waals surface area contributed by atoms with Gasteiger partial charge in [-0.05, 0) is 49.2 Å². The Labute approximate surface area is 166 Å². The van der Waals surface area contributed by atoms with Crippen LogP contribution in [-0.4, -0.2) is 68.8 Å². The van der Waals surface area contributed by atoms with Gasteiger partial charge < -0.3 is 9.80 Å². The van der Waals surface area contributed by atoms with Crippen LogP contribution >= 0.6 is 0 Å². The minimum Gasteiger partial charge on any atom is -0.368 e. The van der Waals surface area contributed by atoms with Crippen LogP contribution in [0.4, 0.5) is 5.69 Å². The molecule has 150 valence electrons. The van der Waals surface area contributed by atoms with E-state index in [0.717, 1.165) is 24.3 Å². The maximum atomic E-state index is 13.0. The third-order valence-electron chi connectivity index (χ3n) is 5.22. The summed E-state index contributed by atoms with van der Waals surface area (Å²) in [6.07, 6.45) is 3.52. The molecule has 0 unspecified atom stereocenters. The van der Waals surface area contributed by atoms with Crippen molar-refractivity contribution in [1.82, 2.24) is 14.2 Å². The number of aryl methyl sites for hydroxylation is 1. The number of sulfonamides is 1. The SMILES string of the molecule is Cc1cc(C(=O)N2CCN(c3ccncc3)CC2)cc(S(=O)(=O)N(C)C)c1C. The number of rotatable bonds is 4. The van der Waals surface area contributed by atoms with Crippen LogP contribution in [0, 0.1) is 13.8 Å². The Kier molecular flexibility index (Phi) is 5.71. The van der Waals surface area contributed by atoms with Gasteiger partial charge in [-0.2, -0.15) is 0 Å². The van der Waals surface area contributed by atoms with Crippen molar-refractivity contribution in [3.63, 3.8) is 0 Å². The number of carbonyl (C=O) groups is 1. The van der Waals surface area contributed by atoms with Gasteiger partial charge in [0.25, 0.3) is 5.91 Å². The van der Waals surface area contributed by atoms with Crippen molar-refractivity contribution in [2.45, 2.75) is 18.7 Å². The van der Waals surface area contributed by atoms with E-state index < -0.39 is 10.0 Å². The summed E-state index contributed by atoms with van der Waals surface area (Å²) in [6.45, 7) is 6.23. The molecule has 0 radical (unpaired) electrons. The zero-order valence-electron chi connectivity index (χ0n) is 16.7. The predicted octanol–water partition coefficient (Wildman–Crippen LogP) is 1.91. The Morgan fingerprint density at radius 3 is 2.21 bits per heavy atom. The van der Waals surface area contributed by atoms with Crippen molar-refractivity contribution in [2.75, 3.05) is 45.2 Å². The van der Waals surface area contributed by atoms with Crippen molar-refractivity contribution in [3.8, 4) is 0 Å². The summed E-state index contributed by atoms with van der Waals surface area (Å²) in [5, 5.41) is 0. The second kappa shape index (κ2) is 7.89. The van der Waals surface area contributed by atoms with Crippen LogP contribution < -0.4 is 4.90 Å². The van der Waals surface area contributed by atoms with Crippen molar-refractivity contribution in [3.05, 3.63) is 53.3 Å². The normalized spacial score (nSPS) is 15.2. The average Bonchev–Trinajstić information content (AvgIpc) is 2.70. The van der Waals surface area contributed by atoms with Crippen LogP contribution in [0.2, 0.25) is 0 Å². The van der Waals surface area contributed by atoms with Crippen molar-refractivity contribution in [2.24, 2.45) is 0 Å². The van der Waals surface area contributed by atoms with E-state index in [2.05, 4.69) is 9.88 Å². The van der Waals surface area contributed by atoms with E-state index in [1.807, 2.05) is 19.1 Å². The molecule has 8 heteroatoms. The highest BCUT2D eigenvalue weighted by atomic mass is 32.2. The first kappa shape index (κ1) is 20.3. The Morgan fingerprint density at radius 2 is 1.64 bits per heavy atom. The van der Waals surface area contributed by atoms with E-state index in [1.165, 1.54) is 24.5 Å². The van der Waals surface area contributed by atoms with Gasteiger partial charge in [-0.25, -0.2) is 12.7 Å². The molecule has 1 amide bonds. The average molecular weight is 403 g/mol. The molecule has 1 saturated heterocycles. The number of anilines is 1. The van der Waals surface area contributed by atoms with Crippen molar-refractivity contribution in [1.29, 1.82) is 0 Å². The molecule has 0 saturated carbocycles. The summed E-state index contributed by atoms with van der Waals surface area (Å²) in [7, 11) is -0.619. The fourth-order valence-corrected chi connectivity index (χ4v) is 4.54. The number of carbonyl (C=O) groups excluding carboxylic acids is 1. The minimum absolute atomic E-state index is 0.132. The smallest absolute Gasteiger partial charge is 0.254 e. The van der Waals surface area contributed by atoms with Crippen LogP contribution in [0.3, 0.4) is 0 Å². The van der Waals surface area contributed by atoms with E-state index in [0.29, 0.717) is 24.2 Å². The second-order valence-electron chi connectivity index (χ2n) is 7.19. The van der Waals surface area contributed by atoms with Gasteiger partial charge in [0.05, 0.1) is 4.90 Å². The van der Waals surface area contributed by atoms with Crippen molar-refractivity contribution >= 4 is 21.6 Å². The lowest BCUT2D eigenvalue weighted by atomic mass is 10.0. The number of hydrogen-bond acceptors (Lipinski definition) is 5. The lowest BCUT2D eigenvalue weighted by molar-refractivity contribution is 0.0746. The maximum Gasteiger partial charge on any atom is 0.254 e. The summed E-state index contributed by atoms with van der Waals surface area (Å²) >= 11 is 0. The van der Waals surface area contributed by atoms with Crippen molar-refractivity contribution < 1.29 is 13.2 Å².